The van der Waals surface area contributed by atoms with Crippen molar-refractivity contribution in [1.29, 1.82) is 0 Å². The van der Waals surface area contributed by atoms with Gasteiger partial charge in [0.25, 0.3) is 5.91 Å². The molecule has 3 aliphatic rings. The van der Waals surface area contributed by atoms with Crippen LogP contribution >= 0.6 is 28.4 Å². The van der Waals surface area contributed by atoms with E-state index in [-0.39, 0.29) is 19.2 Å². The molecule has 0 radical (unpaired) electrons. The van der Waals surface area contributed by atoms with Crippen molar-refractivity contribution in [2.75, 3.05) is 26.2 Å². The number of halogens is 2. The van der Waals surface area contributed by atoms with Crippen LogP contribution in [0, 0.1) is 5.82 Å². The first-order chi connectivity index (χ1) is 22.0. The molecule has 4 aromatic rings. The van der Waals surface area contributed by atoms with Gasteiger partial charge in [0.05, 0.1) is 18.5 Å². The van der Waals surface area contributed by atoms with E-state index in [1.807, 2.05) is 36.5 Å². The van der Waals surface area contributed by atoms with E-state index >= 15 is 4.39 Å². The lowest BCUT2D eigenvalue weighted by atomic mass is 9.96. The van der Waals surface area contributed by atoms with E-state index in [0.29, 0.717) is 42.4 Å². The van der Waals surface area contributed by atoms with Crippen LogP contribution in [0.25, 0.3) is 33.4 Å². The SMILES string of the molecule is C.CC.CCC.O=C1NCCOc2cc(-c3nn(PI)c4ncc(-c5cc6c(cc5F)CCC(N5CCCC5)CC6)cc34)ccc21. The number of hydrogen-bond donors (Lipinski definition) is 1. The standard InChI is InChI=1S/C30H30FIN5O2P.C3H8.C2H6.CH4/c31-26-15-19-4-7-22(36-10-1-2-11-36)6-3-18(19)13-24(26)21-14-25-28(35-37(40-32)29(25)34-17-21)20-5-8-23-27(16-20)39-12-9-33-30(23)38;1-3-2;1-2;/h5,8,13-17,22,40H,1-4,6-7,9-12H2,(H,33,38);3H2,1-2H3;1-2H3;1H4. The zero-order valence-corrected chi connectivity index (χ0v) is 29.9. The number of hydrogen-bond acceptors (Lipinski definition) is 5. The number of nitrogens with one attached hydrogen (secondary N) is 1. The highest BCUT2D eigenvalue weighted by molar-refractivity contribution is 14.2. The molecule has 1 aliphatic carbocycles. The van der Waals surface area contributed by atoms with Crippen molar-refractivity contribution in [2.24, 2.45) is 0 Å². The molecule has 2 unspecified atom stereocenters. The molecule has 7 rings (SSSR count). The van der Waals surface area contributed by atoms with E-state index in [1.54, 1.807) is 18.3 Å². The lowest BCUT2D eigenvalue weighted by Gasteiger charge is -2.25. The molecule has 2 atom stereocenters. The number of likely N-dealkylation sites (tertiary alicyclic amines) is 1. The highest BCUT2D eigenvalue weighted by Gasteiger charge is 2.26. The van der Waals surface area contributed by atoms with Crippen LogP contribution in [0.3, 0.4) is 0 Å². The van der Waals surface area contributed by atoms with Gasteiger partial charge in [0.15, 0.2) is 5.65 Å². The Morgan fingerprint density at radius 2 is 1.72 bits per heavy atom. The minimum absolute atomic E-state index is 0. The van der Waals surface area contributed by atoms with Crippen molar-refractivity contribution in [3.63, 3.8) is 0 Å². The van der Waals surface area contributed by atoms with E-state index in [0.717, 1.165) is 59.1 Å². The number of nitrogens with zero attached hydrogens (tertiary/aromatic N) is 4. The number of carbonyl (C=O) groups excluding carboxylic acids is 1. The highest BCUT2D eigenvalue weighted by Crippen LogP contribution is 2.39. The smallest absolute Gasteiger partial charge is 0.255 e. The predicted molar refractivity (Wildman–Crippen MR) is 199 cm³/mol. The van der Waals surface area contributed by atoms with E-state index in [1.165, 1.54) is 37.9 Å². The van der Waals surface area contributed by atoms with Gasteiger partial charge in [-0.1, -0.05) is 47.6 Å². The Kier molecular flexibility index (Phi) is 13.4. The van der Waals surface area contributed by atoms with E-state index in [9.17, 15) is 4.79 Å². The minimum Gasteiger partial charge on any atom is -0.491 e. The fourth-order valence-electron chi connectivity index (χ4n) is 6.43. The largest absolute Gasteiger partial charge is 0.491 e. The summed E-state index contributed by atoms with van der Waals surface area (Å²) in [6.07, 6.45) is 10.1. The van der Waals surface area contributed by atoms with Gasteiger partial charge in [0, 0.05) is 34.3 Å². The third-order valence-electron chi connectivity index (χ3n) is 8.50. The van der Waals surface area contributed by atoms with Crippen LogP contribution in [-0.2, 0) is 12.8 Å². The maximum Gasteiger partial charge on any atom is 0.255 e. The van der Waals surface area contributed by atoms with Gasteiger partial charge >= 0.3 is 0 Å². The summed E-state index contributed by atoms with van der Waals surface area (Å²) < 4.78 is 23.4. The second-order valence-corrected chi connectivity index (χ2v) is 13.6. The zero-order chi connectivity index (χ0) is 31.9. The monoisotopic (exact) mass is 759 g/mol. The fraction of sp³-hybridized carbons (Fsp3) is 0.472. The molecule has 0 spiro atoms. The molecule has 2 aromatic carbocycles. The molecular weight excluding hydrogens is 711 g/mol. The van der Waals surface area contributed by atoms with Crippen molar-refractivity contribution in [1.82, 2.24) is 24.8 Å². The molecule has 10 heteroatoms. The summed E-state index contributed by atoms with van der Waals surface area (Å²) in [5.74, 6) is 0.200. The summed E-state index contributed by atoms with van der Waals surface area (Å²) in [4.78, 5) is 19.8. The average molecular weight is 760 g/mol. The summed E-state index contributed by atoms with van der Waals surface area (Å²) in [7, 11) is 0. The van der Waals surface area contributed by atoms with Gasteiger partial charge in [0.1, 0.15) is 23.9 Å². The Bertz CT molecular complexity index is 1640. The fourth-order valence-corrected chi connectivity index (χ4v) is 7.83. The molecule has 0 bridgehead atoms. The molecule has 4 heterocycles. The number of aryl methyl sites for hydroxylation is 2. The summed E-state index contributed by atoms with van der Waals surface area (Å²) in [5, 5.41) is 8.55. The number of amides is 1. The van der Waals surface area contributed by atoms with Gasteiger partial charge < -0.3 is 15.0 Å². The predicted octanol–water partition coefficient (Wildman–Crippen LogP) is 9.24. The Labute approximate surface area is 288 Å². The van der Waals surface area contributed by atoms with Crippen LogP contribution < -0.4 is 10.1 Å². The molecule has 1 N–H and O–H groups in total. The van der Waals surface area contributed by atoms with Gasteiger partial charge in [0.2, 0.25) is 0 Å². The maximum atomic E-state index is 15.6. The Hall–Kier alpha value is -2.62. The Balaban J connectivity index is 0.000000758. The minimum atomic E-state index is -0.200. The third-order valence-corrected chi connectivity index (χ3v) is 10.3. The number of pyridine rings is 1. The van der Waals surface area contributed by atoms with Gasteiger partial charge in [-0.2, -0.15) is 5.10 Å². The van der Waals surface area contributed by atoms with Gasteiger partial charge in [-0.25, -0.2) is 13.8 Å². The van der Waals surface area contributed by atoms with Crippen LogP contribution in [0.1, 0.15) is 88.7 Å². The van der Waals surface area contributed by atoms with Crippen LogP contribution in [-0.4, -0.2) is 57.6 Å². The maximum absolute atomic E-state index is 15.6. The average Bonchev–Trinajstić information content (AvgIpc) is 3.63. The van der Waals surface area contributed by atoms with Crippen LogP contribution in [0.2, 0.25) is 0 Å². The number of ether oxygens (including phenoxy) is 1. The molecule has 2 aromatic heterocycles. The molecule has 1 amide bonds. The molecule has 0 saturated carbocycles. The molecular formula is C36H48FIN5O2P. The molecule has 248 valence electrons. The van der Waals surface area contributed by atoms with Crippen molar-refractivity contribution < 1.29 is 13.9 Å². The number of aromatic nitrogens is 3. The third kappa shape index (κ3) is 7.74. The topological polar surface area (TPSA) is 72.3 Å². The summed E-state index contributed by atoms with van der Waals surface area (Å²) in [6.45, 7) is 11.5. The molecule has 2 aliphatic heterocycles. The van der Waals surface area contributed by atoms with Crippen molar-refractivity contribution in [3.8, 4) is 28.1 Å². The summed E-state index contributed by atoms with van der Waals surface area (Å²) >= 11 is 2.29. The van der Waals surface area contributed by atoms with Crippen molar-refractivity contribution in [3.05, 3.63) is 65.1 Å². The second kappa shape index (κ2) is 17.0. The lowest BCUT2D eigenvalue weighted by molar-refractivity contribution is 0.0957. The van der Waals surface area contributed by atoms with Crippen LogP contribution in [0.4, 0.5) is 4.39 Å². The lowest BCUT2D eigenvalue weighted by Crippen LogP contribution is -2.32. The van der Waals surface area contributed by atoms with Gasteiger partial charge in [-0.15, -0.1) is 0 Å². The quantitative estimate of drug-likeness (QED) is 0.128. The molecule has 1 fully saturated rings. The van der Waals surface area contributed by atoms with E-state index in [4.69, 9.17) is 14.8 Å². The molecule has 46 heavy (non-hydrogen) atoms. The second-order valence-electron chi connectivity index (χ2n) is 11.5. The zero-order valence-electron chi connectivity index (χ0n) is 26.8. The number of benzene rings is 2. The first-order valence-corrected chi connectivity index (χ1v) is 20.4. The first-order valence-electron chi connectivity index (χ1n) is 16.4. The summed E-state index contributed by atoms with van der Waals surface area (Å²) in [6, 6.07) is 12.0. The number of fused-ring (bicyclic) bond motifs is 3. The van der Waals surface area contributed by atoms with Crippen molar-refractivity contribution >= 4 is 45.4 Å². The van der Waals surface area contributed by atoms with Gasteiger partial charge in [-0.3, -0.25) is 4.79 Å². The highest BCUT2D eigenvalue weighted by atomic mass is 127. The van der Waals surface area contributed by atoms with Crippen LogP contribution in [0.15, 0.2) is 42.6 Å². The van der Waals surface area contributed by atoms with E-state index < -0.39 is 0 Å². The number of rotatable bonds is 4. The Morgan fingerprint density at radius 3 is 2.41 bits per heavy atom. The van der Waals surface area contributed by atoms with Gasteiger partial charge in [-0.05, 0) is 115 Å². The normalized spacial score (nSPS) is 17.7. The first kappa shape index (κ1) is 36.2. The molecule has 1 saturated heterocycles. The number of carbonyl (C=O) groups is 1. The molecule has 7 nitrogen and oxygen atoms in total. The van der Waals surface area contributed by atoms with E-state index in [2.05, 4.69) is 52.2 Å². The van der Waals surface area contributed by atoms with Crippen molar-refractivity contribution in [2.45, 2.75) is 86.1 Å². The Morgan fingerprint density at radius 1 is 1.02 bits per heavy atom. The summed E-state index contributed by atoms with van der Waals surface area (Å²) in [5.41, 5.74) is 6.58. The van der Waals surface area contributed by atoms with Crippen LogP contribution in [0.5, 0.6) is 5.75 Å².